The summed E-state index contributed by atoms with van der Waals surface area (Å²) in [5.41, 5.74) is 0. The topological polar surface area (TPSA) is 69.3 Å². The molecule has 19 heavy (non-hydrogen) atoms. The van der Waals surface area contributed by atoms with Gasteiger partial charge in [0.05, 0.1) is 0 Å². The van der Waals surface area contributed by atoms with E-state index < -0.39 is 0 Å². The highest BCUT2D eigenvalue weighted by atomic mass is 16.5. The van der Waals surface area contributed by atoms with Gasteiger partial charge in [0.25, 0.3) is 5.91 Å². The zero-order valence-corrected chi connectivity index (χ0v) is 10.8. The number of nitrogens with one attached hydrogen (secondary N) is 1. The van der Waals surface area contributed by atoms with Crippen molar-refractivity contribution in [2.45, 2.75) is 19.6 Å². The van der Waals surface area contributed by atoms with Crippen molar-refractivity contribution in [2.24, 2.45) is 0 Å². The highest BCUT2D eigenvalue weighted by Crippen LogP contribution is 2.08. The Hall–Kier alpha value is -2.08. The summed E-state index contributed by atoms with van der Waals surface area (Å²) in [6, 6.07) is 5.26. The second-order valence-electron chi connectivity index (χ2n) is 4.08. The zero-order valence-electron chi connectivity index (χ0n) is 10.8. The SMILES string of the molecule is COCc1ccc(C(=O)NCCCn2cccn2)o1. The number of amides is 1. The summed E-state index contributed by atoms with van der Waals surface area (Å²) in [7, 11) is 1.58. The molecule has 1 amide bonds. The number of ether oxygens (including phenoxy) is 1. The molecule has 0 radical (unpaired) electrons. The number of hydrogen-bond acceptors (Lipinski definition) is 4. The summed E-state index contributed by atoms with van der Waals surface area (Å²) < 4.78 is 12.1. The number of rotatable bonds is 7. The molecule has 0 saturated heterocycles. The molecule has 0 bridgehead atoms. The molecule has 0 atom stereocenters. The molecule has 0 aromatic carbocycles. The maximum absolute atomic E-state index is 11.8. The lowest BCUT2D eigenvalue weighted by atomic mass is 10.3. The molecule has 1 N–H and O–H groups in total. The van der Waals surface area contributed by atoms with Crippen molar-refractivity contribution in [1.82, 2.24) is 15.1 Å². The minimum Gasteiger partial charge on any atom is -0.453 e. The number of methoxy groups -OCH3 is 1. The summed E-state index contributed by atoms with van der Waals surface area (Å²) in [5, 5.41) is 6.89. The number of aromatic nitrogens is 2. The van der Waals surface area contributed by atoms with Gasteiger partial charge < -0.3 is 14.5 Å². The van der Waals surface area contributed by atoms with Gasteiger partial charge in [-0.05, 0) is 24.6 Å². The van der Waals surface area contributed by atoms with E-state index >= 15 is 0 Å². The third-order valence-electron chi connectivity index (χ3n) is 2.58. The van der Waals surface area contributed by atoms with Gasteiger partial charge in [-0.2, -0.15) is 5.10 Å². The molecule has 102 valence electrons. The third-order valence-corrected chi connectivity index (χ3v) is 2.58. The lowest BCUT2D eigenvalue weighted by molar-refractivity contribution is 0.0916. The van der Waals surface area contributed by atoms with Gasteiger partial charge >= 0.3 is 0 Å². The monoisotopic (exact) mass is 263 g/mol. The van der Waals surface area contributed by atoms with Gasteiger partial charge in [-0.1, -0.05) is 0 Å². The molecule has 2 aromatic heterocycles. The molecule has 2 aromatic rings. The highest BCUT2D eigenvalue weighted by molar-refractivity contribution is 5.91. The van der Waals surface area contributed by atoms with Gasteiger partial charge in [-0.25, -0.2) is 0 Å². The average molecular weight is 263 g/mol. The van der Waals surface area contributed by atoms with Gasteiger partial charge in [0.2, 0.25) is 0 Å². The Kier molecular flexibility index (Phi) is 4.74. The second kappa shape index (κ2) is 6.75. The molecular formula is C13H17N3O3. The molecule has 6 heteroatoms. The van der Waals surface area contributed by atoms with Crippen LogP contribution in [0.25, 0.3) is 0 Å². The maximum Gasteiger partial charge on any atom is 0.286 e. The summed E-state index contributed by atoms with van der Waals surface area (Å²) in [5.74, 6) is 0.748. The smallest absolute Gasteiger partial charge is 0.286 e. The van der Waals surface area contributed by atoms with Crippen molar-refractivity contribution in [3.05, 3.63) is 42.1 Å². The number of carbonyl (C=O) groups is 1. The van der Waals surface area contributed by atoms with Crippen molar-refractivity contribution in [1.29, 1.82) is 0 Å². The van der Waals surface area contributed by atoms with Crippen molar-refractivity contribution in [3.8, 4) is 0 Å². The van der Waals surface area contributed by atoms with E-state index in [9.17, 15) is 4.79 Å². The van der Waals surface area contributed by atoms with E-state index in [0.717, 1.165) is 13.0 Å². The third kappa shape index (κ3) is 3.96. The Labute approximate surface area is 111 Å². The molecule has 2 rings (SSSR count). The Morgan fingerprint density at radius 3 is 3.16 bits per heavy atom. The Morgan fingerprint density at radius 2 is 2.42 bits per heavy atom. The van der Waals surface area contributed by atoms with Crippen LogP contribution in [0.3, 0.4) is 0 Å². The largest absolute Gasteiger partial charge is 0.453 e. The van der Waals surface area contributed by atoms with Crippen molar-refractivity contribution in [2.75, 3.05) is 13.7 Å². The van der Waals surface area contributed by atoms with Crippen LogP contribution in [0, 0.1) is 0 Å². The fourth-order valence-corrected chi connectivity index (χ4v) is 1.68. The normalized spacial score (nSPS) is 10.6. The molecule has 0 unspecified atom stereocenters. The second-order valence-corrected chi connectivity index (χ2v) is 4.08. The highest BCUT2D eigenvalue weighted by Gasteiger charge is 2.10. The molecule has 6 nitrogen and oxygen atoms in total. The Bertz CT molecular complexity index is 505. The standard InChI is InChI=1S/C13H17N3O3/c1-18-10-11-4-5-12(19-11)13(17)14-6-2-8-16-9-3-7-15-16/h3-5,7,9H,2,6,8,10H2,1H3,(H,14,17). The van der Waals surface area contributed by atoms with Crippen LogP contribution in [-0.4, -0.2) is 29.3 Å². The first-order valence-corrected chi connectivity index (χ1v) is 6.13. The predicted molar refractivity (Wildman–Crippen MR) is 68.6 cm³/mol. The van der Waals surface area contributed by atoms with Gasteiger partial charge in [0.1, 0.15) is 12.4 Å². The van der Waals surface area contributed by atoms with E-state index in [4.69, 9.17) is 9.15 Å². The van der Waals surface area contributed by atoms with Gasteiger partial charge in [-0.15, -0.1) is 0 Å². The average Bonchev–Trinajstić information content (AvgIpc) is 3.06. The molecule has 0 fully saturated rings. The molecule has 2 heterocycles. The molecular weight excluding hydrogens is 246 g/mol. The summed E-state index contributed by atoms with van der Waals surface area (Å²) in [4.78, 5) is 11.8. The van der Waals surface area contributed by atoms with Crippen molar-refractivity contribution < 1.29 is 13.9 Å². The lowest BCUT2D eigenvalue weighted by Gasteiger charge is -2.03. The number of carbonyl (C=O) groups excluding carboxylic acids is 1. The van der Waals surface area contributed by atoms with Crippen LogP contribution in [0.5, 0.6) is 0 Å². The van der Waals surface area contributed by atoms with E-state index in [1.807, 2.05) is 16.9 Å². The predicted octanol–water partition coefficient (Wildman–Crippen LogP) is 1.44. The molecule has 0 saturated carbocycles. The van der Waals surface area contributed by atoms with Gasteiger partial charge in [-0.3, -0.25) is 9.48 Å². The van der Waals surface area contributed by atoms with E-state index in [1.54, 1.807) is 25.4 Å². The van der Waals surface area contributed by atoms with Crippen LogP contribution < -0.4 is 5.32 Å². The first-order chi connectivity index (χ1) is 9.29. The van der Waals surface area contributed by atoms with Crippen LogP contribution in [0.2, 0.25) is 0 Å². The summed E-state index contributed by atoms with van der Waals surface area (Å²) in [6.07, 6.45) is 4.45. The van der Waals surface area contributed by atoms with Crippen LogP contribution in [0.15, 0.2) is 35.0 Å². The van der Waals surface area contributed by atoms with E-state index in [1.165, 1.54) is 0 Å². The Morgan fingerprint density at radius 1 is 1.53 bits per heavy atom. The van der Waals surface area contributed by atoms with Crippen LogP contribution >= 0.6 is 0 Å². The van der Waals surface area contributed by atoms with Crippen LogP contribution in [0.1, 0.15) is 22.7 Å². The first kappa shape index (κ1) is 13.4. The number of hydrogen-bond donors (Lipinski definition) is 1. The molecule has 0 aliphatic heterocycles. The van der Waals surface area contributed by atoms with Gasteiger partial charge in [0, 0.05) is 32.6 Å². The fraction of sp³-hybridized carbons (Fsp3) is 0.385. The fourth-order valence-electron chi connectivity index (χ4n) is 1.68. The maximum atomic E-state index is 11.8. The quantitative estimate of drug-likeness (QED) is 0.767. The van der Waals surface area contributed by atoms with E-state index in [2.05, 4.69) is 10.4 Å². The minimum atomic E-state index is -0.206. The van der Waals surface area contributed by atoms with Crippen molar-refractivity contribution >= 4 is 5.91 Å². The number of aryl methyl sites for hydroxylation is 1. The van der Waals surface area contributed by atoms with Crippen LogP contribution in [0.4, 0.5) is 0 Å². The van der Waals surface area contributed by atoms with E-state index in [-0.39, 0.29) is 5.91 Å². The first-order valence-electron chi connectivity index (χ1n) is 6.13. The zero-order chi connectivity index (χ0) is 13.5. The van der Waals surface area contributed by atoms with Crippen LogP contribution in [-0.2, 0) is 17.9 Å². The van der Waals surface area contributed by atoms with E-state index in [0.29, 0.717) is 24.7 Å². The van der Waals surface area contributed by atoms with Crippen molar-refractivity contribution in [3.63, 3.8) is 0 Å². The Balaban J connectivity index is 1.71. The number of nitrogens with zero attached hydrogens (tertiary/aromatic N) is 2. The summed E-state index contributed by atoms with van der Waals surface area (Å²) in [6.45, 7) is 1.73. The lowest BCUT2D eigenvalue weighted by Crippen LogP contribution is -2.24. The summed E-state index contributed by atoms with van der Waals surface area (Å²) >= 11 is 0. The molecule has 0 aliphatic rings. The molecule has 0 aliphatic carbocycles. The molecule has 0 spiro atoms. The van der Waals surface area contributed by atoms with Gasteiger partial charge in [0.15, 0.2) is 5.76 Å². The number of furan rings is 1. The minimum absolute atomic E-state index is 0.206.